The van der Waals surface area contributed by atoms with E-state index in [0.29, 0.717) is 18.1 Å². The summed E-state index contributed by atoms with van der Waals surface area (Å²) in [7, 11) is 0. The molecule has 0 radical (unpaired) electrons. The van der Waals surface area contributed by atoms with E-state index in [1.165, 1.54) is 24.8 Å². The molecule has 1 saturated carbocycles. The number of fused-ring (bicyclic) bond motifs is 1. The van der Waals surface area contributed by atoms with Crippen molar-refractivity contribution in [3.8, 4) is 5.75 Å². The zero-order chi connectivity index (χ0) is 12.4. The molecule has 0 spiro atoms. The average molecular weight is 246 g/mol. The van der Waals surface area contributed by atoms with Gasteiger partial charge >= 0.3 is 0 Å². The quantitative estimate of drug-likeness (QED) is 0.850. The maximum absolute atomic E-state index is 5.94. The highest BCUT2D eigenvalue weighted by Crippen LogP contribution is 2.29. The molecule has 1 aromatic rings. The van der Waals surface area contributed by atoms with Crippen molar-refractivity contribution < 1.29 is 4.74 Å². The lowest BCUT2D eigenvalue weighted by Crippen LogP contribution is -2.41. The van der Waals surface area contributed by atoms with Gasteiger partial charge in [-0.3, -0.25) is 0 Å². The maximum atomic E-state index is 5.94. The van der Waals surface area contributed by atoms with Crippen LogP contribution >= 0.6 is 0 Å². The molecule has 98 valence electrons. The Hall–Kier alpha value is -1.06. The molecule has 2 aliphatic rings. The largest absolute Gasteiger partial charge is 0.488 e. The van der Waals surface area contributed by atoms with E-state index in [1.54, 1.807) is 0 Å². The van der Waals surface area contributed by atoms with Gasteiger partial charge in [0.05, 0.1) is 0 Å². The minimum Gasteiger partial charge on any atom is -0.488 e. The second kappa shape index (κ2) is 5.29. The Morgan fingerprint density at radius 2 is 2.17 bits per heavy atom. The van der Waals surface area contributed by atoms with Gasteiger partial charge in [0.1, 0.15) is 11.9 Å². The van der Waals surface area contributed by atoms with Crippen LogP contribution in [0, 0.1) is 5.92 Å². The molecule has 1 aliphatic carbocycles. The Kier molecular flexibility index (Phi) is 3.52. The van der Waals surface area contributed by atoms with Crippen LogP contribution in [0.15, 0.2) is 24.3 Å². The Morgan fingerprint density at radius 1 is 1.28 bits per heavy atom. The van der Waals surface area contributed by atoms with Gasteiger partial charge in [0.25, 0.3) is 0 Å². The number of ether oxygens (including phenoxy) is 1. The van der Waals surface area contributed by atoms with Crippen LogP contribution in [0.2, 0.25) is 0 Å². The molecule has 18 heavy (non-hydrogen) atoms. The van der Waals surface area contributed by atoms with Crippen molar-refractivity contribution in [2.24, 2.45) is 11.7 Å². The van der Waals surface area contributed by atoms with Crippen molar-refractivity contribution in [3.63, 3.8) is 0 Å². The fourth-order valence-electron chi connectivity index (χ4n) is 3.24. The first-order valence-corrected chi connectivity index (χ1v) is 7.05. The highest BCUT2D eigenvalue weighted by molar-refractivity contribution is 5.37. The number of para-hydroxylation sites is 1. The van der Waals surface area contributed by atoms with Crippen molar-refractivity contribution in [2.45, 2.75) is 37.8 Å². The monoisotopic (exact) mass is 246 g/mol. The molecule has 0 aromatic heterocycles. The number of hydrogen-bond donors (Lipinski definition) is 2. The van der Waals surface area contributed by atoms with E-state index in [-0.39, 0.29) is 0 Å². The van der Waals surface area contributed by atoms with Gasteiger partial charge in [-0.15, -0.1) is 0 Å². The van der Waals surface area contributed by atoms with Gasteiger partial charge in [-0.25, -0.2) is 0 Å². The van der Waals surface area contributed by atoms with Gasteiger partial charge < -0.3 is 15.8 Å². The zero-order valence-corrected chi connectivity index (χ0v) is 10.8. The highest BCUT2D eigenvalue weighted by atomic mass is 16.5. The number of nitrogens with two attached hydrogens (primary N) is 1. The van der Waals surface area contributed by atoms with E-state index >= 15 is 0 Å². The van der Waals surface area contributed by atoms with Gasteiger partial charge in [0, 0.05) is 19.0 Å². The minimum atomic E-state index is 0.293. The number of nitrogens with one attached hydrogen (secondary N) is 1. The fraction of sp³-hybridized carbons (Fsp3) is 0.600. The van der Waals surface area contributed by atoms with Crippen LogP contribution in [0.4, 0.5) is 0 Å². The Labute approximate surface area is 109 Å². The molecule has 0 amide bonds. The predicted molar refractivity (Wildman–Crippen MR) is 72.7 cm³/mol. The van der Waals surface area contributed by atoms with Gasteiger partial charge in [-0.1, -0.05) is 24.6 Å². The van der Waals surface area contributed by atoms with Gasteiger partial charge in [0.15, 0.2) is 0 Å². The van der Waals surface area contributed by atoms with Crippen LogP contribution in [0.3, 0.4) is 0 Å². The lowest BCUT2D eigenvalue weighted by molar-refractivity contribution is 0.216. The number of benzene rings is 1. The molecule has 3 rings (SSSR count). The molecule has 3 heteroatoms. The SMILES string of the molecule is NCC1CCCC1NCC1Cc2ccccc2O1. The molecule has 1 heterocycles. The third-order valence-corrected chi connectivity index (χ3v) is 4.28. The fourth-order valence-corrected chi connectivity index (χ4v) is 3.24. The summed E-state index contributed by atoms with van der Waals surface area (Å²) in [6.45, 7) is 1.75. The van der Waals surface area contributed by atoms with Crippen LogP contribution in [0.25, 0.3) is 0 Å². The van der Waals surface area contributed by atoms with E-state index in [9.17, 15) is 0 Å². The van der Waals surface area contributed by atoms with E-state index in [1.807, 2.05) is 6.07 Å². The van der Waals surface area contributed by atoms with Gasteiger partial charge in [-0.05, 0) is 36.9 Å². The first kappa shape index (κ1) is 12.0. The summed E-state index contributed by atoms with van der Waals surface area (Å²) in [5, 5.41) is 3.65. The molecule has 1 fully saturated rings. The first-order chi connectivity index (χ1) is 8.86. The topological polar surface area (TPSA) is 47.3 Å². The second-order valence-corrected chi connectivity index (χ2v) is 5.49. The van der Waals surface area contributed by atoms with Crippen LogP contribution in [-0.2, 0) is 6.42 Å². The third-order valence-electron chi connectivity index (χ3n) is 4.28. The maximum Gasteiger partial charge on any atom is 0.123 e. The van der Waals surface area contributed by atoms with Gasteiger partial charge in [0.2, 0.25) is 0 Å². The highest BCUT2D eigenvalue weighted by Gasteiger charge is 2.28. The van der Waals surface area contributed by atoms with Crippen LogP contribution < -0.4 is 15.8 Å². The molecule has 0 saturated heterocycles. The van der Waals surface area contributed by atoms with E-state index in [4.69, 9.17) is 10.5 Å². The molecule has 1 aliphatic heterocycles. The Balaban J connectivity index is 1.51. The lowest BCUT2D eigenvalue weighted by atomic mass is 10.0. The Morgan fingerprint density at radius 3 is 3.00 bits per heavy atom. The lowest BCUT2D eigenvalue weighted by Gasteiger charge is -2.21. The smallest absolute Gasteiger partial charge is 0.123 e. The van der Waals surface area contributed by atoms with Crippen molar-refractivity contribution in [1.82, 2.24) is 5.32 Å². The van der Waals surface area contributed by atoms with Crippen LogP contribution in [0.5, 0.6) is 5.75 Å². The molecule has 3 N–H and O–H groups in total. The van der Waals surface area contributed by atoms with E-state index in [0.717, 1.165) is 25.3 Å². The van der Waals surface area contributed by atoms with Crippen molar-refractivity contribution in [1.29, 1.82) is 0 Å². The molecule has 3 unspecified atom stereocenters. The summed E-state index contributed by atoms with van der Waals surface area (Å²) in [6.07, 6.45) is 5.18. The normalized spacial score (nSPS) is 30.2. The third kappa shape index (κ3) is 2.38. The summed E-state index contributed by atoms with van der Waals surface area (Å²) in [5.41, 5.74) is 7.14. The summed E-state index contributed by atoms with van der Waals surface area (Å²) in [4.78, 5) is 0. The average Bonchev–Trinajstić information content (AvgIpc) is 3.01. The molecule has 3 atom stereocenters. The molecular weight excluding hydrogens is 224 g/mol. The molecule has 3 nitrogen and oxygen atoms in total. The number of rotatable bonds is 4. The van der Waals surface area contributed by atoms with Crippen LogP contribution in [-0.4, -0.2) is 25.2 Å². The summed E-state index contributed by atoms with van der Waals surface area (Å²) >= 11 is 0. The van der Waals surface area contributed by atoms with Crippen molar-refractivity contribution in [3.05, 3.63) is 29.8 Å². The second-order valence-electron chi connectivity index (χ2n) is 5.49. The zero-order valence-electron chi connectivity index (χ0n) is 10.8. The first-order valence-electron chi connectivity index (χ1n) is 7.05. The predicted octanol–water partition coefficient (Wildman–Crippen LogP) is 1.71. The van der Waals surface area contributed by atoms with E-state index in [2.05, 4.69) is 23.5 Å². The summed E-state index contributed by atoms with van der Waals surface area (Å²) < 4.78 is 5.94. The Bertz CT molecular complexity index is 382. The van der Waals surface area contributed by atoms with Crippen molar-refractivity contribution in [2.75, 3.05) is 13.1 Å². The standard InChI is InChI=1S/C15H22N2O/c16-9-12-5-3-6-14(12)17-10-13-8-11-4-1-2-7-15(11)18-13/h1-2,4,7,12-14,17H,3,5-6,8-10,16H2. The molecular formula is C15H22N2O. The van der Waals surface area contributed by atoms with E-state index < -0.39 is 0 Å². The summed E-state index contributed by atoms with van der Waals surface area (Å²) in [5.74, 6) is 1.72. The minimum absolute atomic E-state index is 0.293. The molecule has 0 bridgehead atoms. The van der Waals surface area contributed by atoms with Gasteiger partial charge in [-0.2, -0.15) is 0 Å². The van der Waals surface area contributed by atoms with Crippen LogP contribution in [0.1, 0.15) is 24.8 Å². The van der Waals surface area contributed by atoms with Crippen molar-refractivity contribution >= 4 is 0 Å². The molecule has 1 aromatic carbocycles. The number of hydrogen-bond acceptors (Lipinski definition) is 3. The summed E-state index contributed by atoms with van der Waals surface area (Å²) in [6, 6.07) is 8.94.